The summed E-state index contributed by atoms with van der Waals surface area (Å²) in [6.45, 7) is 4.34. The molecule has 0 N–H and O–H groups in total. The lowest BCUT2D eigenvalue weighted by atomic mass is 10.2. The summed E-state index contributed by atoms with van der Waals surface area (Å²) in [6.07, 6.45) is 9.39. The van der Waals surface area contributed by atoms with Gasteiger partial charge in [0.1, 0.15) is 11.3 Å². The molecule has 3 aromatic heterocycles. The van der Waals surface area contributed by atoms with Crippen LogP contribution in [-0.2, 0) is 15.9 Å². The van der Waals surface area contributed by atoms with Crippen LogP contribution in [0.3, 0.4) is 0 Å². The van der Waals surface area contributed by atoms with Gasteiger partial charge in [0.2, 0.25) is 0 Å². The third kappa shape index (κ3) is 5.18. The predicted molar refractivity (Wildman–Crippen MR) is 132 cm³/mol. The van der Waals surface area contributed by atoms with E-state index in [-0.39, 0.29) is 6.23 Å². The van der Waals surface area contributed by atoms with Gasteiger partial charge in [0, 0.05) is 31.5 Å². The van der Waals surface area contributed by atoms with E-state index in [9.17, 15) is 0 Å². The molecule has 8 nitrogen and oxygen atoms in total. The number of ether oxygens (including phenoxy) is 3. The fourth-order valence-electron chi connectivity index (χ4n) is 4.66. The minimum atomic E-state index is -0.333. The number of hydrogen-bond donors (Lipinski definition) is 0. The molecule has 5 heterocycles. The number of benzene rings is 1. The second-order valence-corrected chi connectivity index (χ2v) is 8.94. The normalized spacial score (nSPS) is 19.1. The van der Waals surface area contributed by atoms with E-state index in [1.54, 1.807) is 19.5 Å². The summed E-state index contributed by atoms with van der Waals surface area (Å²) >= 11 is 0. The maximum absolute atomic E-state index is 5.86. The summed E-state index contributed by atoms with van der Waals surface area (Å²) in [5, 5.41) is 0. The van der Waals surface area contributed by atoms with Crippen LogP contribution in [0.2, 0.25) is 0 Å². The van der Waals surface area contributed by atoms with Gasteiger partial charge < -0.3 is 14.2 Å². The first-order valence-corrected chi connectivity index (χ1v) is 12.1. The van der Waals surface area contributed by atoms with Crippen LogP contribution in [0.5, 0.6) is 6.01 Å². The second-order valence-electron chi connectivity index (χ2n) is 8.94. The Morgan fingerprint density at radius 2 is 1.71 bits per heavy atom. The van der Waals surface area contributed by atoms with Gasteiger partial charge in [-0.15, -0.1) is 0 Å². The summed E-state index contributed by atoms with van der Waals surface area (Å²) in [7, 11) is 1.68. The van der Waals surface area contributed by atoms with Gasteiger partial charge in [-0.05, 0) is 50.8 Å². The monoisotopic (exact) mass is 473 g/mol. The number of nitrogens with zero attached hydrogens (tertiary/aromatic N) is 5. The molecule has 3 atom stereocenters. The Bertz CT molecular complexity index is 1240. The molecule has 7 rings (SSSR count). The van der Waals surface area contributed by atoms with Crippen LogP contribution in [0.25, 0.3) is 11.2 Å². The molecule has 2 aliphatic heterocycles. The molecule has 0 radical (unpaired) electrons. The van der Waals surface area contributed by atoms with Gasteiger partial charge in [-0.25, -0.2) is 4.98 Å². The van der Waals surface area contributed by atoms with Crippen molar-refractivity contribution in [3.63, 3.8) is 0 Å². The van der Waals surface area contributed by atoms with Gasteiger partial charge in [-0.3, -0.25) is 9.55 Å². The topological polar surface area (TPSA) is 84.2 Å². The highest BCUT2D eigenvalue weighted by molar-refractivity contribution is 5.74. The third-order valence-electron chi connectivity index (χ3n) is 6.50. The largest absolute Gasteiger partial charge is 0.463 e. The highest BCUT2D eigenvalue weighted by Crippen LogP contribution is 2.36. The predicted octanol–water partition coefficient (Wildman–Crippen LogP) is 4.59. The summed E-state index contributed by atoms with van der Waals surface area (Å²) < 4.78 is 18.9. The first-order valence-electron chi connectivity index (χ1n) is 12.1. The molecular formula is C27H31N5O3. The summed E-state index contributed by atoms with van der Waals surface area (Å²) in [4.78, 5) is 17.8. The van der Waals surface area contributed by atoms with E-state index < -0.39 is 0 Å². The molecule has 0 spiro atoms. The maximum Gasteiger partial charge on any atom is 0.318 e. The molecule has 1 aromatic carbocycles. The van der Waals surface area contributed by atoms with Crippen molar-refractivity contribution in [2.75, 3.05) is 13.7 Å². The number of imidazole rings is 1. The van der Waals surface area contributed by atoms with E-state index >= 15 is 0 Å². The van der Waals surface area contributed by atoms with Crippen molar-refractivity contribution in [2.24, 2.45) is 0 Å². The number of pyridine rings is 1. The number of aromatic nitrogens is 5. The number of hydrogen-bond acceptors (Lipinski definition) is 7. The zero-order valence-corrected chi connectivity index (χ0v) is 20.4. The summed E-state index contributed by atoms with van der Waals surface area (Å²) in [5.74, 6) is 0.807. The molecule has 4 aromatic rings. The van der Waals surface area contributed by atoms with Gasteiger partial charge in [0.05, 0.1) is 24.5 Å². The van der Waals surface area contributed by atoms with Crippen LogP contribution >= 0.6 is 0 Å². The van der Waals surface area contributed by atoms with Gasteiger partial charge in [-0.2, -0.15) is 9.97 Å². The lowest BCUT2D eigenvalue weighted by Crippen LogP contribution is -2.25. The highest BCUT2D eigenvalue weighted by Gasteiger charge is 2.36. The SMILES string of the molecule is C1CC2CC1O2.COC(c1ccccc1)n1c(C)nc2c(C)nc(OCCc3ccncc3)nc21. The summed E-state index contributed by atoms with van der Waals surface area (Å²) in [5.41, 5.74) is 4.40. The van der Waals surface area contributed by atoms with E-state index in [1.807, 2.05) is 60.9 Å². The molecule has 3 aliphatic rings. The van der Waals surface area contributed by atoms with Crippen LogP contribution in [0.1, 0.15) is 48.1 Å². The van der Waals surface area contributed by atoms with E-state index in [1.165, 1.54) is 19.3 Å². The van der Waals surface area contributed by atoms with Gasteiger partial charge in [-0.1, -0.05) is 30.3 Å². The molecule has 8 heteroatoms. The van der Waals surface area contributed by atoms with E-state index in [0.29, 0.717) is 30.5 Å². The van der Waals surface area contributed by atoms with Gasteiger partial charge in [0.25, 0.3) is 0 Å². The van der Waals surface area contributed by atoms with Crippen LogP contribution in [0, 0.1) is 13.8 Å². The van der Waals surface area contributed by atoms with Crippen molar-refractivity contribution in [1.29, 1.82) is 0 Å². The fourth-order valence-corrected chi connectivity index (χ4v) is 4.66. The number of aryl methyl sites for hydroxylation is 2. The molecule has 1 aliphatic carbocycles. The Balaban J connectivity index is 0.000000362. The van der Waals surface area contributed by atoms with Crippen molar-refractivity contribution in [3.05, 3.63) is 77.5 Å². The Hall–Kier alpha value is -3.36. The minimum Gasteiger partial charge on any atom is -0.463 e. The van der Waals surface area contributed by atoms with Crippen LogP contribution in [0.4, 0.5) is 0 Å². The number of fused-ring (bicyclic) bond motifs is 2. The Morgan fingerprint density at radius 3 is 2.34 bits per heavy atom. The van der Waals surface area contributed by atoms with Gasteiger partial charge in [0.15, 0.2) is 11.9 Å². The highest BCUT2D eigenvalue weighted by atomic mass is 16.5. The average Bonchev–Trinajstić information content (AvgIpc) is 3.59. The van der Waals surface area contributed by atoms with E-state index in [0.717, 1.165) is 34.6 Å². The molecular weight excluding hydrogens is 442 g/mol. The minimum absolute atomic E-state index is 0.333. The smallest absolute Gasteiger partial charge is 0.318 e. The number of methoxy groups -OCH3 is 1. The summed E-state index contributed by atoms with van der Waals surface area (Å²) in [6, 6.07) is 14.3. The average molecular weight is 474 g/mol. The third-order valence-corrected chi connectivity index (χ3v) is 6.50. The molecule has 3 fully saturated rings. The van der Waals surface area contributed by atoms with Crippen LogP contribution in [-0.4, -0.2) is 50.4 Å². The Labute approximate surface area is 205 Å². The van der Waals surface area contributed by atoms with Crippen molar-refractivity contribution in [3.8, 4) is 6.01 Å². The van der Waals surface area contributed by atoms with Gasteiger partial charge >= 0.3 is 6.01 Å². The van der Waals surface area contributed by atoms with Crippen molar-refractivity contribution < 1.29 is 14.2 Å². The van der Waals surface area contributed by atoms with Crippen LogP contribution in [0.15, 0.2) is 54.9 Å². The molecule has 0 amide bonds. The fraction of sp³-hybridized carbons (Fsp3) is 0.407. The molecule has 1 saturated carbocycles. The zero-order valence-electron chi connectivity index (χ0n) is 20.4. The lowest BCUT2D eigenvalue weighted by molar-refractivity contribution is -0.0647. The maximum atomic E-state index is 5.86. The molecule has 2 saturated heterocycles. The molecule has 35 heavy (non-hydrogen) atoms. The van der Waals surface area contributed by atoms with Crippen molar-refractivity contribution >= 4 is 11.2 Å². The molecule has 3 unspecified atom stereocenters. The van der Waals surface area contributed by atoms with Crippen molar-refractivity contribution in [2.45, 2.75) is 58.0 Å². The zero-order chi connectivity index (χ0) is 24.2. The quantitative estimate of drug-likeness (QED) is 0.388. The lowest BCUT2D eigenvalue weighted by Gasteiger charge is -2.23. The van der Waals surface area contributed by atoms with Crippen molar-refractivity contribution in [1.82, 2.24) is 24.5 Å². The first-order chi connectivity index (χ1) is 17.1. The van der Waals surface area contributed by atoms with E-state index in [4.69, 9.17) is 14.2 Å². The Morgan fingerprint density at radius 1 is 1.00 bits per heavy atom. The molecule has 182 valence electrons. The first kappa shape index (κ1) is 23.4. The molecule has 2 bridgehead atoms. The van der Waals surface area contributed by atoms with Crippen LogP contribution < -0.4 is 4.74 Å². The van der Waals surface area contributed by atoms with E-state index in [2.05, 4.69) is 19.9 Å². The standard InChI is InChI=1S/C22H23N5O2.C5H8O/c1-15-19-20(26-22(24-15)29-14-11-17-9-12-23-13-10-17)27(16(2)25-19)21(28-3)18-7-5-4-6-8-18;1-2-5-3-4(1)6-5/h4-10,12-13,21H,11,14H2,1-3H3;4-5H,1-3H2. The second kappa shape index (κ2) is 10.5. The Kier molecular flexibility index (Phi) is 7.01. The number of rotatable bonds is 7.